The minimum absolute atomic E-state index is 0.107. The van der Waals surface area contributed by atoms with E-state index < -0.39 is 0 Å². The second-order valence-corrected chi connectivity index (χ2v) is 7.32. The topological polar surface area (TPSA) is 72.7 Å². The van der Waals surface area contributed by atoms with Crippen LogP contribution in [0.5, 0.6) is 0 Å². The van der Waals surface area contributed by atoms with Gasteiger partial charge >= 0.3 is 0 Å². The number of carbonyl (C=O) groups excluding carboxylic acids is 1. The Morgan fingerprint density at radius 3 is 3.04 bits per heavy atom. The second kappa shape index (κ2) is 6.38. The monoisotopic (exact) mass is 369 g/mol. The summed E-state index contributed by atoms with van der Waals surface area (Å²) in [5.41, 5.74) is 4.23. The first-order valence-electron chi connectivity index (χ1n) is 7.66. The molecule has 8 heteroatoms. The Balaban J connectivity index is 1.48. The van der Waals surface area contributed by atoms with E-state index in [1.54, 1.807) is 33.6 Å². The molecule has 4 aromatic heterocycles. The summed E-state index contributed by atoms with van der Waals surface area (Å²) >= 11 is 3.19. The van der Waals surface area contributed by atoms with E-state index in [-0.39, 0.29) is 12.3 Å². The summed E-state index contributed by atoms with van der Waals surface area (Å²) in [4.78, 5) is 21.2. The lowest BCUT2D eigenvalue weighted by molar-refractivity contribution is -0.115. The van der Waals surface area contributed by atoms with Crippen LogP contribution in [0.2, 0.25) is 0 Å². The van der Waals surface area contributed by atoms with Crippen LogP contribution in [0.3, 0.4) is 0 Å². The minimum Gasteiger partial charge on any atom is -0.324 e. The number of anilines is 1. The Kier molecular flexibility index (Phi) is 4.06. The predicted octanol–water partition coefficient (Wildman–Crippen LogP) is 3.64. The van der Waals surface area contributed by atoms with E-state index in [2.05, 4.69) is 25.8 Å². The van der Waals surface area contributed by atoms with Gasteiger partial charge in [0.2, 0.25) is 5.91 Å². The van der Waals surface area contributed by atoms with Gasteiger partial charge in [-0.25, -0.2) is 9.97 Å². The molecule has 0 bridgehead atoms. The quantitative estimate of drug-likeness (QED) is 0.596. The van der Waals surface area contributed by atoms with Crippen molar-refractivity contribution in [3.05, 3.63) is 45.9 Å². The van der Waals surface area contributed by atoms with Gasteiger partial charge in [0.25, 0.3) is 0 Å². The number of hydrogen-bond donors (Lipinski definition) is 1. The fraction of sp³-hybridized carbons (Fsp3) is 0.176. The zero-order valence-corrected chi connectivity index (χ0v) is 15.3. The highest BCUT2D eigenvalue weighted by Crippen LogP contribution is 2.26. The molecule has 4 aromatic rings. The van der Waals surface area contributed by atoms with Gasteiger partial charge < -0.3 is 5.32 Å². The maximum Gasteiger partial charge on any atom is 0.230 e. The van der Waals surface area contributed by atoms with Crippen LogP contribution in [-0.4, -0.2) is 25.7 Å². The van der Waals surface area contributed by atoms with Crippen molar-refractivity contribution in [3.8, 4) is 10.6 Å². The summed E-state index contributed by atoms with van der Waals surface area (Å²) in [5, 5.41) is 15.1. The van der Waals surface area contributed by atoms with Crippen molar-refractivity contribution >= 4 is 45.3 Å². The molecule has 0 unspecified atom stereocenters. The van der Waals surface area contributed by atoms with Crippen LogP contribution in [0.4, 0.5) is 5.69 Å². The lowest BCUT2D eigenvalue weighted by atomic mass is 10.2. The molecular formula is C17H15N5OS2. The largest absolute Gasteiger partial charge is 0.324 e. The van der Waals surface area contributed by atoms with Gasteiger partial charge in [-0.3, -0.25) is 9.48 Å². The molecule has 126 valence electrons. The summed E-state index contributed by atoms with van der Waals surface area (Å²) in [6, 6.07) is 3.94. The number of pyridine rings is 1. The molecule has 0 atom stereocenters. The summed E-state index contributed by atoms with van der Waals surface area (Å²) < 4.78 is 1.73. The zero-order chi connectivity index (χ0) is 17.4. The van der Waals surface area contributed by atoms with Crippen LogP contribution < -0.4 is 5.32 Å². The third-order valence-electron chi connectivity index (χ3n) is 3.81. The van der Waals surface area contributed by atoms with Gasteiger partial charge in [-0.05, 0) is 24.4 Å². The Bertz CT molecular complexity index is 1050. The van der Waals surface area contributed by atoms with E-state index in [9.17, 15) is 4.79 Å². The van der Waals surface area contributed by atoms with Crippen LogP contribution >= 0.6 is 22.7 Å². The molecule has 4 rings (SSSR count). The number of thiazole rings is 1. The van der Waals surface area contributed by atoms with E-state index in [1.165, 1.54) is 0 Å². The van der Waals surface area contributed by atoms with Gasteiger partial charge in [-0.2, -0.15) is 16.4 Å². The minimum atomic E-state index is -0.107. The smallest absolute Gasteiger partial charge is 0.230 e. The molecule has 0 saturated carbocycles. The number of nitrogens with zero attached hydrogens (tertiary/aromatic N) is 4. The van der Waals surface area contributed by atoms with Gasteiger partial charge in [0.15, 0.2) is 5.65 Å². The summed E-state index contributed by atoms with van der Waals surface area (Å²) in [6.07, 6.45) is 1.89. The molecule has 6 nitrogen and oxygen atoms in total. The van der Waals surface area contributed by atoms with E-state index in [4.69, 9.17) is 0 Å². The second-order valence-electron chi connectivity index (χ2n) is 5.69. The van der Waals surface area contributed by atoms with E-state index in [1.807, 2.05) is 36.9 Å². The number of aryl methyl sites for hydroxylation is 2. The first kappa shape index (κ1) is 15.9. The van der Waals surface area contributed by atoms with E-state index in [0.29, 0.717) is 5.69 Å². The normalized spacial score (nSPS) is 11.1. The summed E-state index contributed by atoms with van der Waals surface area (Å²) in [6.45, 7) is 1.93. The molecule has 0 aliphatic rings. The number of fused-ring (bicyclic) bond motifs is 1. The van der Waals surface area contributed by atoms with Crippen LogP contribution in [-0.2, 0) is 18.3 Å². The van der Waals surface area contributed by atoms with Gasteiger partial charge in [0, 0.05) is 28.8 Å². The number of amides is 1. The lowest BCUT2D eigenvalue weighted by Gasteiger charge is -2.04. The molecule has 0 spiro atoms. The molecule has 1 N–H and O–H groups in total. The maximum atomic E-state index is 12.3. The predicted molar refractivity (Wildman–Crippen MR) is 101 cm³/mol. The highest BCUT2D eigenvalue weighted by Gasteiger charge is 2.12. The average molecular weight is 369 g/mol. The Hall–Kier alpha value is -2.58. The fourth-order valence-corrected chi connectivity index (χ4v) is 4.18. The van der Waals surface area contributed by atoms with Crippen LogP contribution in [0, 0.1) is 6.92 Å². The highest BCUT2D eigenvalue weighted by atomic mass is 32.1. The lowest BCUT2D eigenvalue weighted by Crippen LogP contribution is -2.14. The van der Waals surface area contributed by atoms with Crippen molar-refractivity contribution in [1.29, 1.82) is 0 Å². The molecule has 1 amide bonds. The third kappa shape index (κ3) is 3.18. The number of carbonyl (C=O) groups is 1. The number of nitrogens with one attached hydrogen (secondary N) is 1. The molecule has 4 heterocycles. The van der Waals surface area contributed by atoms with Crippen molar-refractivity contribution in [2.45, 2.75) is 13.3 Å². The van der Waals surface area contributed by atoms with Crippen LogP contribution in [0.25, 0.3) is 21.6 Å². The molecule has 0 saturated heterocycles. The standard InChI is InChI=1S/C17H15N5OS2/c1-10-14-5-12(7-18-16(14)22(2)21-10)19-15(23)6-13-9-25-17(20-13)11-3-4-24-8-11/h3-5,7-9H,6H2,1-2H3,(H,19,23). The number of rotatable bonds is 4. The molecule has 0 radical (unpaired) electrons. The van der Waals surface area contributed by atoms with Crippen molar-refractivity contribution in [2.75, 3.05) is 5.32 Å². The first-order chi connectivity index (χ1) is 12.1. The summed E-state index contributed by atoms with van der Waals surface area (Å²) in [5.74, 6) is -0.107. The van der Waals surface area contributed by atoms with Crippen molar-refractivity contribution in [3.63, 3.8) is 0 Å². The van der Waals surface area contributed by atoms with Crippen molar-refractivity contribution < 1.29 is 4.79 Å². The SMILES string of the molecule is Cc1nn(C)c2ncc(NC(=O)Cc3csc(-c4ccsc4)n3)cc12. The van der Waals surface area contributed by atoms with E-state index >= 15 is 0 Å². The molecule has 0 aliphatic heterocycles. The van der Waals surface area contributed by atoms with Crippen LogP contribution in [0.1, 0.15) is 11.4 Å². The van der Waals surface area contributed by atoms with Crippen molar-refractivity contribution in [2.24, 2.45) is 7.05 Å². The number of hydrogen-bond acceptors (Lipinski definition) is 6. The Morgan fingerprint density at radius 2 is 2.24 bits per heavy atom. The zero-order valence-electron chi connectivity index (χ0n) is 13.7. The van der Waals surface area contributed by atoms with Crippen molar-refractivity contribution in [1.82, 2.24) is 19.7 Å². The summed E-state index contributed by atoms with van der Waals surface area (Å²) in [7, 11) is 1.86. The molecule has 0 aromatic carbocycles. The molecule has 0 aliphatic carbocycles. The molecule has 25 heavy (non-hydrogen) atoms. The van der Waals surface area contributed by atoms with Gasteiger partial charge in [0.05, 0.1) is 29.7 Å². The van der Waals surface area contributed by atoms with Gasteiger partial charge in [-0.1, -0.05) is 0 Å². The Labute approximate surface area is 152 Å². The first-order valence-corrected chi connectivity index (χ1v) is 9.48. The molecule has 0 fully saturated rings. The fourth-order valence-electron chi connectivity index (χ4n) is 2.65. The number of aromatic nitrogens is 4. The third-order valence-corrected chi connectivity index (χ3v) is 5.43. The van der Waals surface area contributed by atoms with E-state index in [0.717, 1.165) is 33.0 Å². The van der Waals surface area contributed by atoms with Crippen LogP contribution in [0.15, 0.2) is 34.5 Å². The maximum absolute atomic E-state index is 12.3. The molecular weight excluding hydrogens is 354 g/mol. The van der Waals surface area contributed by atoms with Gasteiger partial charge in [0.1, 0.15) is 5.01 Å². The number of thiophene rings is 1. The average Bonchev–Trinajstić information content (AvgIpc) is 3.29. The van der Waals surface area contributed by atoms with Gasteiger partial charge in [-0.15, -0.1) is 11.3 Å². The Morgan fingerprint density at radius 1 is 1.36 bits per heavy atom. The highest BCUT2D eigenvalue weighted by molar-refractivity contribution is 7.14.